The minimum atomic E-state index is -0.0467. The highest BCUT2D eigenvalue weighted by Crippen LogP contribution is 2.24. The zero-order chi connectivity index (χ0) is 18.8. The van der Waals surface area contributed by atoms with Gasteiger partial charge < -0.3 is 14.4 Å². The summed E-state index contributed by atoms with van der Waals surface area (Å²) in [5.74, 6) is 0.205. The first-order chi connectivity index (χ1) is 13.1. The van der Waals surface area contributed by atoms with Gasteiger partial charge in [-0.3, -0.25) is 9.59 Å². The van der Waals surface area contributed by atoms with Gasteiger partial charge in [0.1, 0.15) is 0 Å². The summed E-state index contributed by atoms with van der Waals surface area (Å²) >= 11 is 0. The van der Waals surface area contributed by atoms with E-state index in [4.69, 9.17) is 0 Å². The number of rotatable bonds is 3. The third kappa shape index (κ3) is 3.61. The Kier molecular flexibility index (Phi) is 4.97. The first kappa shape index (κ1) is 17.8. The van der Waals surface area contributed by atoms with Crippen LogP contribution in [0, 0.1) is 5.92 Å². The van der Waals surface area contributed by atoms with Gasteiger partial charge in [-0.2, -0.15) is 0 Å². The monoisotopic (exact) mass is 366 g/mol. The standard InChI is InChI=1S/C21H26N4O2/c1-23-15-22-13-19(23)16-6-8-17(9-7-16)20(26)25-12-4-5-18(14-25)21(27)24-10-2-3-11-24/h6-9,13,15,18H,2-5,10-12,14H2,1H3/t18-/m0/s1. The summed E-state index contributed by atoms with van der Waals surface area (Å²) in [7, 11) is 1.95. The van der Waals surface area contributed by atoms with E-state index in [0.29, 0.717) is 12.1 Å². The van der Waals surface area contributed by atoms with Crippen LogP contribution in [0.5, 0.6) is 0 Å². The first-order valence-electron chi connectivity index (χ1n) is 9.78. The molecule has 0 aliphatic carbocycles. The summed E-state index contributed by atoms with van der Waals surface area (Å²) in [5, 5.41) is 0. The zero-order valence-corrected chi connectivity index (χ0v) is 15.8. The highest BCUT2D eigenvalue weighted by molar-refractivity contribution is 5.95. The normalized spacial score (nSPS) is 20.1. The molecule has 0 spiro atoms. The summed E-state index contributed by atoms with van der Waals surface area (Å²) in [6, 6.07) is 7.66. The van der Waals surface area contributed by atoms with Gasteiger partial charge in [-0.1, -0.05) is 12.1 Å². The molecule has 27 heavy (non-hydrogen) atoms. The molecule has 1 aromatic heterocycles. The number of likely N-dealkylation sites (tertiary alicyclic amines) is 2. The summed E-state index contributed by atoms with van der Waals surface area (Å²) in [6.07, 6.45) is 7.56. The maximum atomic E-state index is 12.9. The highest BCUT2D eigenvalue weighted by atomic mass is 16.2. The topological polar surface area (TPSA) is 58.4 Å². The second kappa shape index (κ2) is 7.55. The Morgan fingerprint density at radius 1 is 1.00 bits per heavy atom. The molecule has 2 aromatic rings. The predicted molar refractivity (Wildman–Crippen MR) is 103 cm³/mol. The molecule has 1 aromatic carbocycles. The van der Waals surface area contributed by atoms with Gasteiger partial charge in [-0.25, -0.2) is 4.98 Å². The Morgan fingerprint density at radius 2 is 1.70 bits per heavy atom. The molecule has 2 amide bonds. The number of aromatic nitrogens is 2. The van der Waals surface area contributed by atoms with Crippen LogP contribution >= 0.6 is 0 Å². The molecule has 0 N–H and O–H groups in total. The minimum Gasteiger partial charge on any atom is -0.342 e. The van der Waals surface area contributed by atoms with Gasteiger partial charge in [0, 0.05) is 38.8 Å². The van der Waals surface area contributed by atoms with Gasteiger partial charge >= 0.3 is 0 Å². The van der Waals surface area contributed by atoms with Crippen molar-refractivity contribution in [1.82, 2.24) is 19.4 Å². The van der Waals surface area contributed by atoms with E-state index in [9.17, 15) is 9.59 Å². The van der Waals surface area contributed by atoms with Crippen molar-refractivity contribution < 1.29 is 9.59 Å². The number of amides is 2. The number of benzene rings is 1. The van der Waals surface area contributed by atoms with Crippen molar-refractivity contribution in [3.8, 4) is 11.3 Å². The van der Waals surface area contributed by atoms with Crippen LogP contribution in [0.15, 0.2) is 36.8 Å². The van der Waals surface area contributed by atoms with Crippen molar-refractivity contribution in [3.63, 3.8) is 0 Å². The van der Waals surface area contributed by atoms with Gasteiger partial charge in [0.05, 0.1) is 24.1 Å². The van der Waals surface area contributed by atoms with Crippen LogP contribution in [0.25, 0.3) is 11.3 Å². The molecule has 0 saturated carbocycles. The third-order valence-electron chi connectivity index (χ3n) is 5.72. The van der Waals surface area contributed by atoms with E-state index in [2.05, 4.69) is 4.98 Å². The Morgan fingerprint density at radius 3 is 2.37 bits per heavy atom. The summed E-state index contributed by atoms with van der Waals surface area (Å²) < 4.78 is 1.95. The molecule has 1 atom stereocenters. The molecular weight excluding hydrogens is 340 g/mol. The van der Waals surface area contributed by atoms with Crippen LogP contribution < -0.4 is 0 Å². The highest BCUT2D eigenvalue weighted by Gasteiger charge is 2.32. The number of carbonyl (C=O) groups is 2. The SMILES string of the molecule is Cn1cncc1-c1ccc(C(=O)N2CCC[C@H](C(=O)N3CCCC3)C2)cc1. The van der Waals surface area contributed by atoms with Crippen LogP contribution in [0.1, 0.15) is 36.0 Å². The maximum Gasteiger partial charge on any atom is 0.253 e. The number of hydrogen-bond donors (Lipinski definition) is 0. The average molecular weight is 366 g/mol. The van der Waals surface area contributed by atoms with Crippen molar-refractivity contribution >= 4 is 11.8 Å². The van der Waals surface area contributed by atoms with Crippen LogP contribution in [-0.4, -0.2) is 57.3 Å². The van der Waals surface area contributed by atoms with Crippen molar-refractivity contribution in [2.45, 2.75) is 25.7 Å². The number of hydrogen-bond acceptors (Lipinski definition) is 3. The quantitative estimate of drug-likeness (QED) is 0.839. The molecule has 4 rings (SSSR count). The lowest BCUT2D eigenvalue weighted by Crippen LogP contribution is -2.46. The third-order valence-corrected chi connectivity index (χ3v) is 5.72. The molecule has 2 aliphatic rings. The van der Waals surface area contributed by atoms with Crippen LogP contribution in [0.2, 0.25) is 0 Å². The molecule has 0 radical (unpaired) electrons. The predicted octanol–water partition coefficient (Wildman–Crippen LogP) is 2.56. The molecule has 2 fully saturated rings. The van der Waals surface area contributed by atoms with E-state index in [1.165, 1.54) is 0 Å². The molecular formula is C21H26N4O2. The van der Waals surface area contributed by atoms with Gasteiger partial charge in [-0.05, 0) is 43.4 Å². The minimum absolute atomic E-state index is 0.0190. The van der Waals surface area contributed by atoms with Crippen molar-refractivity contribution in [2.75, 3.05) is 26.2 Å². The van der Waals surface area contributed by atoms with E-state index in [1.54, 1.807) is 6.33 Å². The van der Waals surface area contributed by atoms with Crippen molar-refractivity contribution in [2.24, 2.45) is 13.0 Å². The molecule has 3 heterocycles. The number of nitrogens with zero attached hydrogens (tertiary/aromatic N) is 4. The fraction of sp³-hybridized carbons (Fsp3) is 0.476. The fourth-order valence-corrected chi connectivity index (χ4v) is 4.16. The number of piperidine rings is 1. The summed E-state index contributed by atoms with van der Waals surface area (Å²) in [5.41, 5.74) is 2.73. The Hall–Kier alpha value is -2.63. The lowest BCUT2D eigenvalue weighted by Gasteiger charge is -2.34. The van der Waals surface area contributed by atoms with E-state index in [-0.39, 0.29) is 17.7 Å². The molecule has 142 valence electrons. The van der Waals surface area contributed by atoms with Crippen molar-refractivity contribution in [3.05, 3.63) is 42.4 Å². The van der Waals surface area contributed by atoms with Gasteiger partial charge in [-0.15, -0.1) is 0 Å². The Labute approximate surface area is 159 Å². The fourth-order valence-electron chi connectivity index (χ4n) is 4.16. The van der Waals surface area contributed by atoms with E-state index >= 15 is 0 Å². The second-order valence-corrected chi connectivity index (χ2v) is 7.59. The second-order valence-electron chi connectivity index (χ2n) is 7.59. The molecule has 0 bridgehead atoms. The summed E-state index contributed by atoms with van der Waals surface area (Å²) in [6.45, 7) is 3.02. The number of aryl methyl sites for hydroxylation is 1. The first-order valence-corrected chi connectivity index (χ1v) is 9.78. The Bertz CT molecular complexity index is 821. The summed E-state index contributed by atoms with van der Waals surface area (Å²) in [4.78, 5) is 33.6. The molecule has 0 unspecified atom stereocenters. The van der Waals surface area contributed by atoms with Crippen molar-refractivity contribution in [1.29, 1.82) is 0 Å². The van der Waals surface area contributed by atoms with E-state index < -0.39 is 0 Å². The molecule has 6 nitrogen and oxygen atoms in total. The van der Waals surface area contributed by atoms with Gasteiger partial charge in [0.2, 0.25) is 5.91 Å². The van der Waals surface area contributed by atoms with E-state index in [1.807, 2.05) is 51.9 Å². The van der Waals surface area contributed by atoms with E-state index in [0.717, 1.165) is 56.6 Å². The maximum absolute atomic E-state index is 12.9. The number of carbonyl (C=O) groups excluding carboxylic acids is 2. The van der Waals surface area contributed by atoms with Gasteiger partial charge in [0.25, 0.3) is 5.91 Å². The molecule has 2 saturated heterocycles. The van der Waals surface area contributed by atoms with Crippen LogP contribution in [0.4, 0.5) is 0 Å². The number of imidazole rings is 1. The van der Waals surface area contributed by atoms with Gasteiger partial charge in [0.15, 0.2) is 0 Å². The lowest BCUT2D eigenvalue weighted by atomic mass is 9.95. The average Bonchev–Trinajstić information content (AvgIpc) is 3.39. The van der Waals surface area contributed by atoms with Crippen LogP contribution in [0.3, 0.4) is 0 Å². The van der Waals surface area contributed by atoms with Crippen LogP contribution in [-0.2, 0) is 11.8 Å². The largest absolute Gasteiger partial charge is 0.342 e. The molecule has 6 heteroatoms. The molecule has 2 aliphatic heterocycles. The Balaban J connectivity index is 1.44. The zero-order valence-electron chi connectivity index (χ0n) is 15.8. The lowest BCUT2D eigenvalue weighted by molar-refractivity contribution is -0.135. The smallest absolute Gasteiger partial charge is 0.253 e.